The van der Waals surface area contributed by atoms with E-state index in [1.807, 2.05) is 0 Å². The largest absolute Gasteiger partial charge is 0.324 e. The van der Waals surface area contributed by atoms with Crippen LogP contribution in [0, 0.1) is 17.7 Å². The molecule has 1 saturated carbocycles. The van der Waals surface area contributed by atoms with Crippen molar-refractivity contribution in [1.29, 1.82) is 0 Å². The van der Waals surface area contributed by atoms with Gasteiger partial charge >= 0.3 is 0 Å². The van der Waals surface area contributed by atoms with Gasteiger partial charge in [-0.1, -0.05) is 26.2 Å². The normalized spacial score (nSPS) is 26.8. The van der Waals surface area contributed by atoms with Gasteiger partial charge in [0.25, 0.3) is 0 Å². The quantitative estimate of drug-likeness (QED) is 0.873. The molecule has 3 heteroatoms. The molecule has 2 nitrogen and oxygen atoms in total. The number of rotatable bonds is 3. The summed E-state index contributed by atoms with van der Waals surface area (Å²) in [6.07, 6.45) is 8.86. The van der Waals surface area contributed by atoms with Crippen LogP contribution >= 0.6 is 0 Å². The zero-order chi connectivity index (χ0) is 12.3. The van der Waals surface area contributed by atoms with Crippen molar-refractivity contribution < 1.29 is 4.39 Å². The fourth-order valence-corrected chi connectivity index (χ4v) is 2.87. The number of pyridine rings is 1. The summed E-state index contributed by atoms with van der Waals surface area (Å²) >= 11 is 0. The van der Waals surface area contributed by atoms with Gasteiger partial charge in [0.1, 0.15) is 5.82 Å². The van der Waals surface area contributed by atoms with E-state index in [1.165, 1.54) is 25.5 Å². The predicted molar refractivity (Wildman–Crippen MR) is 66.9 cm³/mol. The van der Waals surface area contributed by atoms with Crippen LogP contribution in [0.15, 0.2) is 18.5 Å². The van der Waals surface area contributed by atoms with Crippen LogP contribution < -0.4 is 5.73 Å². The lowest BCUT2D eigenvalue weighted by Gasteiger charge is -2.32. The number of hydrogen-bond donors (Lipinski definition) is 1. The highest BCUT2D eigenvalue weighted by Gasteiger charge is 2.27. The first-order valence-corrected chi connectivity index (χ1v) is 6.57. The molecule has 1 aromatic heterocycles. The van der Waals surface area contributed by atoms with Crippen molar-refractivity contribution in [2.24, 2.45) is 17.6 Å². The van der Waals surface area contributed by atoms with Gasteiger partial charge in [-0.05, 0) is 30.7 Å². The molecule has 1 unspecified atom stereocenters. The fraction of sp³-hybridized carbons (Fsp3) is 0.643. The van der Waals surface area contributed by atoms with E-state index in [9.17, 15) is 4.39 Å². The molecule has 0 amide bonds. The molecular formula is C14H21FN2. The minimum atomic E-state index is -0.266. The zero-order valence-electron chi connectivity index (χ0n) is 10.4. The van der Waals surface area contributed by atoms with E-state index < -0.39 is 0 Å². The Labute approximate surface area is 102 Å². The molecule has 0 aromatic carbocycles. The number of halogens is 1. The van der Waals surface area contributed by atoms with Crippen LogP contribution in [-0.2, 0) is 0 Å². The van der Waals surface area contributed by atoms with Crippen LogP contribution in [0.25, 0.3) is 0 Å². The van der Waals surface area contributed by atoms with Gasteiger partial charge < -0.3 is 5.73 Å². The second-order valence-corrected chi connectivity index (χ2v) is 5.11. The van der Waals surface area contributed by atoms with E-state index in [2.05, 4.69) is 11.9 Å². The number of hydrogen-bond acceptors (Lipinski definition) is 2. The number of nitrogens with two attached hydrogens (primary N) is 1. The minimum absolute atomic E-state index is 0.171. The van der Waals surface area contributed by atoms with Crippen LogP contribution in [0.4, 0.5) is 4.39 Å². The molecule has 0 saturated heterocycles. The summed E-state index contributed by atoms with van der Waals surface area (Å²) in [6, 6.07) is 1.54. The Morgan fingerprint density at radius 2 is 2.12 bits per heavy atom. The Kier molecular flexibility index (Phi) is 4.11. The Morgan fingerprint density at radius 1 is 1.41 bits per heavy atom. The number of nitrogens with zero attached hydrogens (tertiary/aromatic N) is 1. The van der Waals surface area contributed by atoms with Gasteiger partial charge in [0.05, 0.1) is 6.20 Å². The molecule has 0 spiro atoms. The van der Waals surface area contributed by atoms with Crippen molar-refractivity contribution in [3.63, 3.8) is 0 Å². The summed E-state index contributed by atoms with van der Waals surface area (Å²) in [5.41, 5.74) is 6.81. The molecule has 1 fully saturated rings. The molecule has 1 aliphatic carbocycles. The minimum Gasteiger partial charge on any atom is -0.324 e. The molecule has 1 aromatic rings. The first-order chi connectivity index (χ1) is 8.22. The third kappa shape index (κ3) is 2.83. The Morgan fingerprint density at radius 3 is 2.71 bits per heavy atom. The Bertz CT molecular complexity index is 359. The lowest BCUT2D eigenvalue weighted by atomic mass is 9.76. The molecule has 1 aliphatic rings. The average Bonchev–Trinajstić information content (AvgIpc) is 2.39. The van der Waals surface area contributed by atoms with Crippen LogP contribution in [-0.4, -0.2) is 4.98 Å². The first kappa shape index (κ1) is 12.5. The molecule has 0 bridgehead atoms. The van der Waals surface area contributed by atoms with E-state index in [4.69, 9.17) is 5.73 Å². The smallest absolute Gasteiger partial charge is 0.146 e. The second kappa shape index (κ2) is 5.58. The Hall–Kier alpha value is -0.960. The summed E-state index contributed by atoms with van der Waals surface area (Å²) in [5.74, 6) is 1.01. The van der Waals surface area contributed by atoms with Crippen molar-refractivity contribution in [3.8, 4) is 0 Å². The van der Waals surface area contributed by atoms with Gasteiger partial charge in [0, 0.05) is 17.8 Å². The highest BCUT2D eigenvalue weighted by molar-refractivity contribution is 5.18. The van der Waals surface area contributed by atoms with E-state index in [0.29, 0.717) is 11.5 Å². The molecular weight excluding hydrogens is 215 g/mol. The highest BCUT2D eigenvalue weighted by atomic mass is 19.1. The highest BCUT2D eigenvalue weighted by Crippen LogP contribution is 2.37. The van der Waals surface area contributed by atoms with E-state index in [0.717, 1.165) is 18.8 Å². The maximum Gasteiger partial charge on any atom is 0.146 e. The summed E-state index contributed by atoms with van der Waals surface area (Å²) in [4.78, 5) is 3.77. The average molecular weight is 236 g/mol. The van der Waals surface area contributed by atoms with Crippen LogP contribution in [0.3, 0.4) is 0 Å². The molecule has 17 heavy (non-hydrogen) atoms. The molecule has 94 valence electrons. The van der Waals surface area contributed by atoms with Crippen LogP contribution in [0.5, 0.6) is 0 Å². The lowest BCUT2D eigenvalue weighted by molar-refractivity contribution is 0.237. The summed E-state index contributed by atoms with van der Waals surface area (Å²) in [6.45, 7) is 2.24. The van der Waals surface area contributed by atoms with Crippen molar-refractivity contribution in [2.45, 2.75) is 45.1 Å². The van der Waals surface area contributed by atoms with Gasteiger partial charge in [0.2, 0.25) is 0 Å². The van der Waals surface area contributed by atoms with Gasteiger partial charge in [0.15, 0.2) is 0 Å². The third-order valence-corrected chi connectivity index (χ3v) is 4.14. The lowest BCUT2D eigenvalue weighted by Crippen LogP contribution is -2.26. The maximum absolute atomic E-state index is 13.6. The molecule has 2 rings (SSSR count). The molecule has 0 radical (unpaired) electrons. The molecule has 0 aliphatic heterocycles. The first-order valence-electron chi connectivity index (χ1n) is 6.57. The standard InChI is InChI=1S/C14H21FN2/c1-2-10-3-5-11(6-4-10)14(16)12-7-8-17-9-13(12)15/h7-11,14H,2-6,16H2,1H3. The van der Waals surface area contributed by atoms with Crippen LogP contribution in [0.1, 0.15) is 50.6 Å². The van der Waals surface area contributed by atoms with Crippen molar-refractivity contribution in [1.82, 2.24) is 4.98 Å². The van der Waals surface area contributed by atoms with E-state index in [-0.39, 0.29) is 11.9 Å². The number of aromatic nitrogens is 1. The zero-order valence-corrected chi connectivity index (χ0v) is 10.4. The molecule has 1 heterocycles. The predicted octanol–water partition coefficient (Wildman–Crippen LogP) is 3.44. The summed E-state index contributed by atoms with van der Waals surface area (Å²) in [7, 11) is 0. The maximum atomic E-state index is 13.6. The third-order valence-electron chi connectivity index (χ3n) is 4.14. The fourth-order valence-electron chi connectivity index (χ4n) is 2.87. The van der Waals surface area contributed by atoms with Crippen molar-refractivity contribution in [3.05, 3.63) is 29.8 Å². The van der Waals surface area contributed by atoms with Gasteiger partial charge in [-0.15, -0.1) is 0 Å². The summed E-state index contributed by atoms with van der Waals surface area (Å²) in [5, 5.41) is 0. The van der Waals surface area contributed by atoms with E-state index in [1.54, 1.807) is 12.3 Å². The van der Waals surface area contributed by atoms with Gasteiger partial charge in [-0.25, -0.2) is 4.39 Å². The topological polar surface area (TPSA) is 38.9 Å². The summed E-state index contributed by atoms with van der Waals surface area (Å²) < 4.78 is 13.6. The van der Waals surface area contributed by atoms with Crippen LogP contribution in [0.2, 0.25) is 0 Å². The molecule has 1 atom stereocenters. The molecule has 2 N–H and O–H groups in total. The van der Waals surface area contributed by atoms with E-state index >= 15 is 0 Å². The van der Waals surface area contributed by atoms with Crippen molar-refractivity contribution in [2.75, 3.05) is 0 Å². The van der Waals surface area contributed by atoms with Gasteiger partial charge in [-0.2, -0.15) is 0 Å². The SMILES string of the molecule is CCC1CCC(C(N)c2ccncc2F)CC1. The Balaban J connectivity index is 2.02. The van der Waals surface area contributed by atoms with Crippen molar-refractivity contribution >= 4 is 0 Å². The second-order valence-electron chi connectivity index (χ2n) is 5.11. The monoisotopic (exact) mass is 236 g/mol. The van der Waals surface area contributed by atoms with Gasteiger partial charge in [-0.3, -0.25) is 4.98 Å².